The molecule has 0 atom stereocenters. The highest BCUT2D eigenvalue weighted by molar-refractivity contribution is 5.97. The van der Waals surface area contributed by atoms with Crippen LogP contribution in [-0.4, -0.2) is 5.78 Å². The van der Waals surface area contributed by atoms with E-state index in [1.165, 1.54) is 11.1 Å². The van der Waals surface area contributed by atoms with Crippen molar-refractivity contribution in [3.05, 3.63) is 34.9 Å². The minimum atomic E-state index is 0.0854. The number of aryl methyl sites for hydroxylation is 2. The first-order valence-corrected chi connectivity index (χ1v) is 6.76. The van der Waals surface area contributed by atoms with E-state index >= 15 is 0 Å². The summed E-state index contributed by atoms with van der Waals surface area (Å²) >= 11 is 0. The topological polar surface area (TPSA) is 17.1 Å². The molecule has 0 amide bonds. The van der Waals surface area contributed by atoms with Gasteiger partial charge in [-0.3, -0.25) is 4.79 Å². The number of hydrogen-bond donors (Lipinski definition) is 0. The molecule has 0 heterocycles. The van der Waals surface area contributed by atoms with Crippen molar-refractivity contribution >= 4 is 5.78 Å². The molecule has 0 N–H and O–H groups in total. The first-order chi connectivity index (χ1) is 8.10. The first kappa shape index (κ1) is 15.9. The summed E-state index contributed by atoms with van der Waals surface area (Å²) in [6.07, 6.45) is 2.04. The third-order valence-electron chi connectivity index (χ3n) is 2.78. The molecule has 0 unspecified atom stereocenters. The lowest BCUT2D eigenvalue weighted by Crippen LogP contribution is -2.08. The molecular weight excluding hydrogens is 208 g/mol. The lowest BCUT2D eigenvalue weighted by atomic mass is 9.95. The van der Waals surface area contributed by atoms with Crippen molar-refractivity contribution in [2.75, 3.05) is 0 Å². The van der Waals surface area contributed by atoms with Gasteiger partial charge in [0.2, 0.25) is 0 Å². The van der Waals surface area contributed by atoms with Crippen LogP contribution in [0.15, 0.2) is 18.2 Å². The molecule has 0 fully saturated rings. The summed E-state index contributed by atoms with van der Waals surface area (Å²) in [5, 5.41) is 0. The van der Waals surface area contributed by atoms with Gasteiger partial charge in [0.05, 0.1) is 0 Å². The van der Waals surface area contributed by atoms with Crippen molar-refractivity contribution in [1.82, 2.24) is 0 Å². The van der Waals surface area contributed by atoms with Gasteiger partial charge >= 0.3 is 0 Å². The first-order valence-electron chi connectivity index (χ1n) is 6.76. The van der Waals surface area contributed by atoms with Crippen LogP contribution in [0.2, 0.25) is 0 Å². The Morgan fingerprint density at radius 2 is 1.59 bits per heavy atom. The standard InChI is InChI=1S/C14H20O.C2H6/c1-5-11-7-8-13(9-12(11)6-2)14(15)10(3)4;1-2/h7-10H,5-6H2,1-4H3;1-2H3. The summed E-state index contributed by atoms with van der Waals surface area (Å²) in [5.74, 6) is 0.328. The number of ketones is 1. The molecule has 0 aliphatic heterocycles. The Bertz CT molecular complexity index is 351. The molecular formula is C16H26O. The molecule has 1 rings (SSSR count). The van der Waals surface area contributed by atoms with E-state index in [-0.39, 0.29) is 11.7 Å². The van der Waals surface area contributed by atoms with Crippen molar-refractivity contribution < 1.29 is 4.79 Å². The molecule has 1 aromatic carbocycles. The highest BCUT2D eigenvalue weighted by atomic mass is 16.1. The number of hydrogen-bond acceptors (Lipinski definition) is 1. The monoisotopic (exact) mass is 234 g/mol. The zero-order valence-corrected chi connectivity index (χ0v) is 12.1. The summed E-state index contributed by atoms with van der Waals surface area (Å²) in [6, 6.07) is 6.11. The van der Waals surface area contributed by atoms with Crippen LogP contribution in [0.5, 0.6) is 0 Å². The molecule has 0 saturated carbocycles. The zero-order chi connectivity index (χ0) is 13.4. The third kappa shape index (κ3) is 4.33. The van der Waals surface area contributed by atoms with Crippen LogP contribution >= 0.6 is 0 Å². The molecule has 0 radical (unpaired) electrons. The summed E-state index contributed by atoms with van der Waals surface area (Å²) in [6.45, 7) is 12.2. The van der Waals surface area contributed by atoms with Gasteiger partial charge in [0.25, 0.3) is 0 Å². The summed E-state index contributed by atoms with van der Waals surface area (Å²) < 4.78 is 0. The smallest absolute Gasteiger partial charge is 0.165 e. The van der Waals surface area contributed by atoms with E-state index in [2.05, 4.69) is 26.0 Å². The Kier molecular flexibility index (Phi) is 7.53. The fraction of sp³-hybridized carbons (Fsp3) is 0.562. The average Bonchev–Trinajstić information content (AvgIpc) is 2.39. The van der Waals surface area contributed by atoms with Crippen LogP contribution in [0.4, 0.5) is 0 Å². The lowest BCUT2D eigenvalue weighted by Gasteiger charge is -2.09. The van der Waals surface area contributed by atoms with Gasteiger partial charge in [-0.05, 0) is 30.0 Å². The highest BCUT2D eigenvalue weighted by Crippen LogP contribution is 2.16. The van der Waals surface area contributed by atoms with E-state index in [9.17, 15) is 4.79 Å². The SMILES string of the molecule is CC.CCc1ccc(C(=O)C(C)C)cc1CC. The van der Waals surface area contributed by atoms with Crippen molar-refractivity contribution in [1.29, 1.82) is 0 Å². The van der Waals surface area contributed by atoms with Gasteiger partial charge in [0, 0.05) is 11.5 Å². The molecule has 1 aromatic rings. The maximum atomic E-state index is 11.8. The van der Waals surface area contributed by atoms with Crippen molar-refractivity contribution in [3.63, 3.8) is 0 Å². The Balaban J connectivity index is 0.00000121. The molecule has 0 spiro atoms. The van der Waals surface area contributed by atoms with Gasteiger partial charge in [-0.15, -0.1) is 0 Å². The van der Waals surface area contributed by atoms with Crippen LogP contribution in [0.1, 0.15) is 63.0 Å². The van der Waals surface area contributed by atoms with Crippen LogP contribution < -0.4 is 0 Å². The minimum absolute atomic E-state index is 0.0854. The number of Topliss-reactive ketones (excluding diaryl/α,β-unsaturated/α-hetero) is 1. The van der Waals surface area contributed by atoms with Gasteiger partial charge in [-0.2, -0.15) is 0 Å². The van der Waals surface area contributed by atoms with Crippen molar-refractivity contribution in [2.45, 2.75) is 54.4 Å². The average molecular weight is 234 g/mol. The summed E-state index contributed by atoms with van der Waals surface area (Å²) in [4.78, 5) is 11.8. The molecule has 0 aromatic heterocycles. The predicted molar refractivity (Wildman–Crippen MR) is 75.7 cm³/mol. The Labute approximate surface area is 106 Å². The van der Waals surface area contributed by atoms with Gasteiger partial charge in [-0.1, -0.05) is 53.7 Å². The van der Waals surface area contributed by atoms with Gasteiger partial charge in [0.1, 0.15) is 0 Å². The number of carbonyl (C=O) groups excluding carboxylic acids is 1. The van der Waals surface area contributed by atoms with E-state index in [0.29, 0.717) is 0 Å². The molecule has 1 nitrogen and oxygen atoms in total. The predicted octanol–water partition coefficient (Wildman–Crippen LogP) is 4.68. The number of rotatable bonds is 4. The number of carbonyl (C=O) groups is 1. The second-order valence-corrected chi connectivity index (χ2v) is 4.21. The summed E-state index contributed by atoms with van der Waals surface area (Å²) in [7, 11) is 0. The Morgan fingerprint density at radius 1 is 1.06 bits per heavy atom. The fourth-order valence-electron chi connectivity index (χ4n) is 1.79. The molecule has 0 aliphatic rings. The van der Waals surface area contributed by atoms with E-state index in [4.69, 9.17) is 0 Å². The van der Waals surface area contributed by atoms with Gasteiger partial charge in [-0.25, -0.2) is 0 Å². The maximum Gasteiger partial charge on any atom is 0.165 e. The van der Waals surface area contributed by atoms with Crippen LogP contribution in [0, 0.1) is 5.92 Å². The lowest BCUT2D eigenvalue weighted by molar-refractivity contribution is 0.0939. The molecule has 1 heteroatoms. The van der Waals surface area contributed by atoms with Crippen LogP contribution in [0.3, 0.4) is 0 Å². The molecule has 17 heavy (non-hydrogen) atoms. The quantitative estimate of drug-likeness (QED) is 0.691. The van der Waals surface area contributed by atoms with E-state index in [1.807, 2.05) is 33.8 Å². The van der Waals surface area contributed by atoms with Crippen LogP contribution in [0.25, 0.3) is 0 Å². The summed E-state index contributed by atoms with van der Waals surface area (Å²) in [5.41, 5.74) is 3.53. The third-order valence-corrected chi connectivity index (χ3v) is 2.78. The second kappa shape index (κ2) is 8.05. The largest absolute Gasteiger partial charge is 0.294 e. The maximum absolute atomic E-state index is 11.8. The normalized spacial score (nSPS) is 9.82. The van der Waals surface area contributed by atoms with E-state index < -0.39 is 0 Å². The van der Waals surface area contributed by atoms with Crippen molar-refractivity contribution in [3.8, 4) is 0 Å². The molecule has 0 aliphatic carbocycles. The molecule has 0 saturated heterocycles. The Morgan fingerprint density at radius 3 is 2.00 bits per heavy atom. The van der Waals surface area contributed by atoms with Gasteiger partial charge < -0.3 is 0 Å². The second-order valence-electron chi connectivity index (χ2n) is 4.21. The van der Waals surface area contributed by atoms with E-state index in [0.717, 1.165) is 18.4 Å². The molecule has 0 bridgehead atoms. The van der Waals surface area contributed by atoms with Crippen LogP contribution in [-0.2, 0) is 12.8 Å². The van der Waals surface area contributed by atoms with E-state index in [1.54, 1.807) is 0 Å². The van der Waals surface area contributed by atoms with Gasteiger partial charge in [0.15, 0.2) is 5.78 Å². The van der Waals surface area contributed by atoms with Crippen molar-refractivity contribution in [2.24, 2.45) is 5.92 Å². The Hall–Kier alpha value is -1.11. The highest BCUT2D eigenvalue weighted by Gasteiger charge is 2.11. The molecule has 96 valence electrons. The number of benzene rings is 1. The zero-order valence-electron chi connectivity index (χ0n) is 12.1. The fourth-order valence-corrected chi connectivity index (χ4v) is 1.79. The minimum Gasteiger partial charge on any atom is -0.294 e.